The zero-order chi connectivity index (χ0) is 16.2. The van der Waals surface area contributed by atoms with Crippen molar-refractivity contribution in [3.05, 3.63) is 40.7 Å². The standard InChI is InChI=1S/C15H17N5O2S/c1-20-6-4-11-12(9-20)23-15(18-11)19-14(22)13(21)17-8-10-3-2-5-16-7-10/h2-3,5,7H,4,6,8-9H2,1H3,(H,17,21)(H,18,19,22). The first kappa shape index (κ1) is 15.6. The Labute approximate surface area is 137 Å². The molecule has 3 rings (SSSR count). The summed E-state index contributed by atoms with van der Waals surface area (Å²) in [5, 5.41) is 5.62. The third-order valence-electron chi connectivity index (χ3n) is 3.52. The Morgan fingerprint density at radius 1 is 1.39 bits per heavy atom. The van der Waals surface area contributed by atoms with E-state index < -0.39 is 11.8 Å². The minimum absolute atomic E-state index is 0.263. The third kappa shape index (κ3) is 3.91. The van der Waals surface area contributed by atoms with Crippen molar-refractivity contribution >= 4 is 28.3 Å². The number of rotatable bonds is 3. The van der Waals surface area contributed by atoms with Gasteiger partial charge in [0.1, 0.15) is 0 Å². The number of hydrogen-bond donors (Lipinski definition) is 2. The van der Waals surface area contributed by atoms with Gasteiger partial charge in [0.05, 0.1) is 5.69 Å². The van der Waals surface area contributed by atoms with Crippen LogP contribution in [-0.2, 0) is 29.1 Å². The van der Waals surface area contributed by atoms with Crippen LogP contribution in [0.1, 0.15) is 16.1 Å². The van der Waals surface area contributed by atoms with Gasteiger partial charge in [-0.2, -0.15) is 0 Å². The van der Waals surface area contributed by atoms with Gasteiger partial charge in [-0.1, -0.05) is 6.07 Å². The minimum atomic E-state index is -0.701. The van der Waals surface area contributed by atoms with Crippen molar-refractivity contribution in [3.8, 4) is 0 Å². The molecule has 3 heterocycles. The second kappa shape index (κ2) is 6.84. The highest BCUT2D eigenvalue weighted by Gasteiger charge is 2.21. The van der Waals surface area contributed by atoms with E-state index in [0.29, 0.717) is 5.13 Å². The van der Waals surface area contributed by atoms with Gasteiger partial charge in [-0.25, -0.2) is 4.98 Å². The lowest BCUT2D eigenvalue weighted by Crippen LogP contribution is -2.34. The van der Waals surface area contributed by atoms with Gasteiger partial charge in [0.25, 0.3) is 0 Å². The first-order valence-corrected chi connectivity index (χ1v) is 8.08. The Balaban J connectivity index is 1.55. The summed E-state index contributed by atoms with van der Waals surface area (Å²) in [5.41, 5.74) is 1.85. The molecule has 2 amide bonds. The van der Waals surface area contributed by atoms with E-state index in [-0.39, 0.29) is 6.54 Å². The number of likely N-dealkylation sites (N-methyl/N-ethyl adjacent to an activating group) is 1. The average molecular weight is 331 g/mol. The Hall–Kier alpha value is -2.32. The first-order chi connectivity index (χ1) is 11.1. The van der Waals surface area contributed by atoms with Crippen LogP contribution in [0.25, 0.3) is 0 Å². The number of nitrogens with one attached hydrogen (secondary N) is 2. The van der Waals surface area contributed by atoms with E-state index >= 15 is 0 Å². The van der Waals surface area contributed by atoms with Gasteiger partial charge in [-0.05, 0) is 18.7 Å². The summed E-state index contributed by atoms with van der Waals surface area (Å²) in [4.78, 5) is 35.5. The lowest BCUT2D eigenvalue weighted by Gasteiger charge is -2.20. The van der Waals surface area contributed by atoms with Crippen LogP contribution in [0.3, 0.4) is 0 Å². The maximum atomic E-state index is 11.9. The van der Waals surface area contributed by atoms with Gasteiger partial charge in [-0.3, -0.25) is 19.9 Å². The molecule has 0 unspecified atom stereocenters. The fourth-order valence-electron chi connectivity index (χ4n) is 2.30. The smallest absolute Gasteiger partial charge is 0.315 e. The Bertz CT molecular complexity index is 716. The monoisotopic (exact) mass is 331 g/mol. The zero-order valence-corrected chi connectivity index (χ0v) is 13.5. The third-order valence-corrected chi connectivity index (χ3v) is 4.52. The van der Waals surface area contributed by atoms with Crippen LogP contribution in [0, 0.1) is 0 Å². The van der Waals surface area contributed by atoms with Crippen LogP contribution in [0.15, 0.2) is 24.5 Å². The number of carbonyl (C=O) groups is 2. The van der Waals surface area contributed by atoms with E-state index in [1.807, 2.05) is 13.1 Å². The van der Waals surface area contributed by atoms with Crippen molar-refractivity contribution in [1.82, 2.24) is 20.2 Å². The second-order valence-corrected chi connectivity index (χ2v) is 6.46. The molecule has 23 heavy (non-hydrogen) atoms. The first-order valence-electron chi connectivity index (χ1n) is 7.27. The summed E-state index contributed by atoms with van der Waals surface area (Å²) in [6.07, 6.45) is 4.16. The molecule has 1 aliphatic rings. The number of nitrogens with zero attached hydrogens (tertiary/aromatic N) is 3. The molecule has 0 saturated carbocycles. The van der Waals surface area contributed by atoms with Crippen LogP contribution in [-0.4, -0.2) is 40.3 Å². The summed E-state index contributed by atoms with van der Waals surface area (Å²) in [5.74, 6) is -1.38. The summed E-state index contributed by atoms with van der Waals surface area (Å²) < 4.78 is 0. The van der Waals surface area contributed by atoms with Crippen molar-refractivity contribution in [3.63, 3.8) is 0 Å². The fourth-order valence-corrected chi connectivity index (χ4v) is 3.38. The molecule has 2 N–H and O–H groups in total. The molecule has 120 valence electrons. The maximum absolute atomic E-state index is 11.9. The number of pyridine rings is 1. The number of carbonyl (C=O) groups excluding carboxylic acids is 2. The van der Waals surface area contributed by atoms with Crippen LogP contribution in [0.2, 0.25) is 0 Å². The fraction of sp³-hybridized carbons (Fsp3) is 0.333. The van der Waals surface area contributed by atoms with E-state index in [9.17, 15) is 9.59 Å². The molecular formula is C15H17N5O2S. The molecule has 8 heteroatoms. The molecule has 0 aliphatic carbocycles. The highest BCUT2D eigenvalue weighted by Crippen LogP contribution is 2.27. The van der Waals surface area contributed by atoms with Crippen LogP contribution >= 0.6 is 11.3 Å². The zero-order valence-electron chi connectivity index (χ0n) is 12.7. The van der Waals surface area contributed by atoms with E-state index in [0.717, 1.165) is 35.6 Å². The summed E-state index contributed by atoms with van der Waals surface area (Å²) in [6, 6.07) is 3.61. The van der Waals surface area contributed by atoms with Gasteiger partial charge < -0.3 is 10.2 Å². The van der Waals surface area contributed by atoms with Crippen molar-refractivity contribution < 1.29 is 9.59 Å². The highest BCUT2D eigenvalue weighted by atomic mass is 32.1. The van der Waals surface area contributed by atoms with E-state index in [2.05, 4.69) is 25.5 Å². The summed E-state index contributed by atoms with van der Waals surface area (Å²) in [7, 11) is 2.05. The van der Waals surface area contributed by atoms with E-state index in [1.165, 1.54) is 11.3 Å². The number of anilines is 1. The Morgan fingerprint density at radius 3 is 3.04 bits per heavy atom. The van der Waals surface area contributed by atoms with Gasteiger partial charge in [-0.15, -0.1) is 11.3 Å². The predicted molar refractivity (Wildman–Crippen MR) is 86.9 cm³/mol. The molecule has 2 aromatic rings. The van der Waals surface area contributed by atoms with Gasteiger partial charge >= 0.3 is 11.8 Å². The molecule has 7 nitrogen and oxygen atoms in total. The maximum Gasteiger partial charge on any atom is 0.315 e. The lowest BCUT2D eigenvalue weighted by molar-refractivity contribution is -0.136. The molecule has 0 saturated heterocycles. The number of aromatic nitrogens is 2. The highest BCUT2D eigenvalue weighted by molar-refractivity contribution is 7.16. The molecule has 1 aliphatic heterocycles. The predicted octanol–water partition coefficient (Wildman–Crippen LogP) is 0.781. The molecular weight excluding hydrogens is 314 g/mol. The van der Waals surface area contributed by atoms with Crippen LogP contribution < -0.4 is 10.6 Å². The largest absolute Gasteiger partial charge is 0.344 e. The lowest BCUT2D eigenvalue weighted by atomic mass is 10.2. The summed E-state index contributed by atoms with van der Waals surface area (Å²) >= 11 is 1.42. The number of fused-ring (bicyclic) bond motifs is 1. The topological polar surface area (TPSA) is 87.2 Å². The Kier molecular flexibility index (Phi) is 4.63. The molecule has 0 atom stereocenters. The SMILES string of the molecule is CN1CCc2nc(NC(=O)C(=O)NCc3cccnc3)sc2C1. The second-order valence-electron chi connectivity index (χ2n) is 5.37. The number of amides is 2. The van der Waals surface area contributed by atoms with Crippen molar-refractivity contribution in [2.24, 2.45) is 0 Å². The average Bonchev–Trinajstić information content (AvgIpc) is 2.94. The normalized spacial score (nSPS) is 14.1. The number of hydrogen-bond acceptors (Lipinski definition) is 6. The molecule has 2 aromatic heterocycles. The van der Waals surface area contributed by atoms with Gasteiger partial charge in [0.15, 0.2) is 5.13 Å². The van der Waals surface area contributed by atoms with Crippen LogP contribution in [0.4, 0.5) is 5.13 Å². The molecule has 0 bridgehead atoms. The van der Waals surface area contributed by atoms with E-state index in [1.54, 1.807) is 18.5 Å². The van der Waals surface area contributed by atoms with E-state index in [4.69, 9.17) is 0 Å². The van der Waals surface area contributed by atoms with Crippen molar-refractivity contribution in [2.75, 3.05) is 18.9 Å². The minimum Gasteiger partial charge on any atom is -0.344 e. The van der Waals surface area contributed by atoms with Crippen molar-refractivity contribution in [1.29, 1.82) is 0 Å². The number of thiazole rings is 1. The van der Waals surface area contributed by atoms with Gasteiger partial charge in [0, 0.05) is 43.3 Å². The summed E-state index contributed by atoms with van der Waals surface area (Å²) in [6.45, 7) is 2.05. The molecule has 0 spiro atoms. The Morgan fingerprint density at radius 2 is 2.26 bits per heavy atom. The van der Waals surface area contributed by atoms with Crippen LogP contribution in [0.5, 0.6) is 0 Å². The quantitative estimate of drug-likeness (QED) is 0.812. The van der Waals surface area contributed by atoms with Gasteiger partial charge in [0.2, 0.25) is 0 Å². The van der Waals surface area contributed by atoms with Crippen molar-refractivity contribution in [2.45, 2.75) is 19.5 Å². The molecule has 0 aromatic carbocycles. The molecule has 0 radical (unpaired) electrons. The molecule has 0 fully saturated rings.